The molecule has 4 aliphatic rings. The van der Waals surface area contributed by atoms with E-state index in [4.69, 9.17) is 14.2 Å². The summed E-state index contributed by atoms with van der Waals surface area (Å²) >= 11 is 0. The van der Waals surface area contributed by atoms with Crippen molar-refractivity contribution >= 4 is 12.1 Å². The van der Waals surface area contributed by atoms with Crippen LogP contribution in [0.25, 0.3) is 0 Å². The summed E-state index contributed by atoms with van der Waals surface area (Å²) in [4.78, 5) is 26.7. The van der Waals surface area contributed by atoms with E-state index < -0.39 is 36.7 Å². The molecule has 10 heteroatoms. The number of carbonyl (C=O) groups excluding carboxylic acids is 1. The highest BCUT2D eigenvalue weighted by Gasteiger charge is 2.55. The number of rotatable bonds is 5. The zero-order valence-electron chi connectivity index (χ0n) is 22.1. The van der Waals surface area contributed by atoms with E-state index in [-0.39, 0.29) is 30.1 Å². The molecule has 6 rings (SSSR count). The molecule has 2 aromatic carbocycles. The lowest BCUT2D eigenvalue weighted by atomic mass is 9.52. The van der Waals surface area contributed by atoms with Crippen molar-refractivity contribution in [3.63, 3.8) is 0 Å². The van der Waals surface area contributed by atoms with Crippen LogP contribution >= 0.6 is 0 Å². The molecule has 8 atom stereocenters. The van der Waals surface area contributed by atoms with Gasteiger partial charge in [0, 0.05) is 18.0 Å². The van der Waals surface area contributed by atoms with E-state index >= 15 is 0 Å². The monoisotopic (exact) mass is 553 g/mol. The van der Waals surface area contributed by atoms with E-state index in [1.165, 1.54) is 0 Å². The third-order valence-corrected chi connectivity index (χ3v) is 9.31. The summed E-state index contributed by atoms with van der Waals surface area (Å²) in [6.45, 7) is 0.827. The van der Waals surface area contributed by atoms with Crippen molar-refractivity contribution in [3.05, 3.63) is 65.2 Å². The number of hydrogen-bond donors (Lipinski definition) is 4. The van der Waals surface area contributed by atoms with Crippen molar-refractivity contribution in [1.29, 1.82) is 0 Å². The highest BCUT2D eigenvalue weighted by molar-refractivity contribution is 5.73. The van der Waals surface area contributed by atoms with Crippen molar-refractivity contribution in [3.8, 4) is 5.75 Å². The Morgan fingerprint density at radius 3 is 2.58 bits per heavy atom. The van der Waals surface area contributed by atoms with Crippen molar-refractivity contribution in [2.45, 2.75) is 87.3 Å². The molecule has 2 saturated heterocycles. The molecule has 0 unspecified atom stereocenters. The number of carbonyl (C=O) groups is 2. The fourth-order valence-electron chi connectivity index (χ4n) is 7.37. The fraction of sp³-hybridized carbons (Fsp3) is 0.533. The van der Waals surface area contributed by atoms with Crippen LogP contribution in [0.4, 0.5) is 4.79 Å². The first-order valence-electron chi connectivity index (χ1n) is 14.0. The zero-order valence-corrected chi connectivity index (χ0v) is 22.1. The SMILES string of the molecule is O=C(O)[C@H]1O[C@@H](Oc2ccc3c(c2)[C@]24CCCC[C@H]2[C@H](C3)N(C(=O)OCc2ccccc2)CC4)[C@H](O)[C@@H](O)[C@@H]1O. The molecule has 1 amide bonds. The maximum absolute atomic E-state index is 13.3. The van der Waals surface area contributed by atoms with Gasteiger partial charge in [0.1, 0.15) is 30.7 Å². The number of benzene rings is 2. The van der Waals surface area contributed by atoms with E-state index in [0.29, 0.717) is 18.7 Å². The van der Waals surface area contributed by atoms with Gasteiger partial charge in [-0.05, 0) is 60.4 Å². The van der Waals surface area contributed by atoms with E-state index in [9.17, 15) is 30.0 Å². The lowest BCUT2D eigenvalue weighted by Crippen LogP contribution is -2.62. The fourth-order valence-corrected chi connectivity index (χ4v) is 7.37. The number of aliphatic hydroxyl groups is 3. The minimum atomic E-state index is -1.78. The number of hydrogen-bond acceptors (Lipinski definition) is 8. The van der Waals surface area contributed by atoms with Crippen molar-refractivity contribution in [1.82, 2.24) is 4.90 Å². The highest BCUT2D eigenvalue weighted by atomic mass is 16.7. The minimum Gasteiger partial charge on any atom is -0.479 e. The van der Waals surface area contributed by atoms with Gasteiger partial charge in [0.2, 0.25) is 6.29 Å². The van der Waals surface area contributed by atoms with Crippen LogP contribution in [0.5, 0.6) is 5.75 Å². The number of carboxylic acids is 1. The summed E-state index contributed by atoms with van der Waals surface area (Å²) in [5.41, 5.74) is 3.10. The van der Waals surface area contributed by atoms with Gasteiger partial charge in [0.05, 0.1) is 0 Å². The predicted octanol–water partition coefficient (Wildman–Crippen LogP) is 2.35. The predicted molar refractivity (Wildman–Crippen MR) is 140 cm³/mol. The summed E-state index contributed by atoms with van der Waals surface area (Å²) in [6, 6.07) is 15.3. The highest BCUT2D eigenvalue weighted by Crippen LogP contribution is 2.56. The van der Waals surface area contributed by atoms with E-state index in [1.54, 1.807) is 6.07 Å². The summed E-state index contributed by atoms with van der Waals surface area (Å²) in [5, 5.41) is 40.0. The van der Waals surface area contributed by atoms with Crippen LogP contribution in [0.3, 0.4) is 0 Å². The molecular formula is C30H35NO9. The van der Waals surface area contributed by atoms with Gasteiger partial charge in [-0.3, -0.25) is 0 Å². The Hall–Kier alpha value is -3.18. The van der Waals surface area contributed by atoms with E-state index in [1.807, 2.05) is 47.4 Å². The first kappa shape index (κ1) is 27.0. The van der Waals surface area contributed by atoms with Crippen LogP contribution in [0.1, 0.15) is 48.8 Å². The van der Waals surface area contributed by atoms with Crippen molar-refractivity contribution in [2.75, 3.05) is 6.54 Å². The Balaban J connectivity index is 1.24. The summed E-state index contributed by atoms with van der Waals surface area (Å²) < 4.78 is 17.0. The molecule has 3 fully saturated rings. The molecule has 0 spiro atoms. The molecular weight excluding hydrogens is 518 g/mol. The molecule has 10 nitrogen and oxygen atoms in total. The van der Waals surface area contributed by atoms with Crippen LogP contribution in [0.2, 0.25) is 0 Å². The number of piperidine rings is 1. The Kier molecular flexibility index (Phi) is 7.20. The van der Waals surface area contributed by atoms with E-state index in [2.05, 4.69) is 0 Å². The van der Waals surface area contributed by atoms with Crippen LogP contribution < -0.4 is 4.74 Å². The van der Waals surface area contributed by atoms with Crippen molar-refractivity contribution < 1.29 is 44.2 Å². The quantitative estimate of drug-likeness (QED) is 0.438. The molecule has 1 saturated carbocycles. The second-order valence-electron chi connectivity index (χ2n) is 11.4. The number of fused-ring (bicyclic) bond motifs is 1. The maximum Gasteiger partial charge on any atom is 0.410 e. The Labute approximate surface area is 232 Å². The van der Waals surface area contributed by atoms with Gasteiger partial charge in [-0.25, -0.2) is 9.59 Å². The number of ether oxygens (including phenoxy) is 3. The van der Waals surface area contributed by atoms with Gasteiger partial charge < -0.3 is 39.5 Å². The molecule has 4 N–H and O–H groups in total. The van der Waals surface area contributed by atoms with Crippen LogP contribution in [-0.4, -0.2) is 80.7 Å². The normalized spacial score (nSPS) is 34.8. The van der Waals surface area contributed by atoms with Crippen molar-refractivity contribution in [2.24, 2.45) is 5.92 Å². The third kappa shape index (κ3) is 4.62. The molecule has 2 heterocycles. The number of likely N-dealkylation sites (tertiary alicyclic amines) is 1. The standard InChI is InChI=1S/C30H35NO9/c32-23-24(33)26(27(35)36)40-28(25(23)34)39-19-10-9-18-14-22-20-8-4-5-11-30(20,21(18)15-19)12-13-31(22)29(37)38-16-17-6-2-1-3-7-17/h1-3,6-7,9-10,15,20,22-26,28,32-34H,4-5,8,11-14,16H2,(H,35,36)/t20-,22-,23-,24-,25+,26-,28+,30-/m0/s1. The molecule has 0 aromatic heterocycles. The summed E-state index contributed by atoms with van der Waals surface area (Å²) in [5.74, 6) is -0.800. The second-order valence-corrected chi connectivity index (χ2v) is 11.4. The van der Waals surface area contributed by atoms with Gasteiger partial charge in [-0.1, -0.05) is 49.2 Å². The number of aliphatic carboxylic acids is 1. The Bertz CT molecular complexity index is 1250. The van der Waals surface area contributed by atoms with Gasteiger partial charge >= 0.3 is 12.1 Å². The third-order valence-electron chi connectivity index (χ3n) is 9.31. The Morgan fingerprint density at radius 2 is 1.80 bits per heavy atom. The van der Waals surface area contributed by atoms with Gasteiger partial charge in [0.25, 0.3) is 0 Å². The topological polar surface area (TPSA) is 146 Å². The zero-order chi connectivity index (χ0) is 28.0. The lowest BCUT2D eigenvalue weighted by Gasteiger charge is -2.58. The average molecular weight is 554 g/mol. The van der Waals surface area contributed by atoms with Gasteiger partial charge in [-0.15, -0.1) is 0 Å². The molecule has 0 radical (unpaired) electrons. The molecule has 2 aliphatic heterocycles. The van der Waals surface area contributed by atoms with Crippen LogP contribution in [-0.2, 0) is 32.7 Å². The minimum absolute atomic E-state index is 0.0352. The summed E-state index contributed by atoms with van der Waals surface area (Å²) in [7, 11) is 0. The van der Waals surface area contributed by atoms with Crippen LogP contribution in [0, 0.1) is 5.92 Å². The largest absolute Gasteiger partial charge is 0.479 e. The molecule has 214 valence electrons. The molecule has 2 bridgehead atoms. The first-order chi connectivity index (χ1) is 19.3. The van der Waals surface area contributed by atoms with Gasteiger partial charge in [-0.2, -0.15) is 0 Å². The lowest BCUT2D eigenvalue weighted by molar-refractivity contribution is -0.271. The maximum atomic E-state index is 13.3. The Morgan fingerprint density at radius 1 is 1.00 bits per heavy atom. The molecule has 2 aromatic rings. The first-order valence-corrected chi connectivity index (χ1v) is 14.0. The van der Waals surface area contributed by atoms with Gasteiger partial charge in [0.15, 0.2) is 6.10 Å². The number of carboxylic acid groups (broad SMARTS) is 1. The van der Waals surface area contributed by atoms with Crippen LogP contribution in [0.15, 0.2) is 48.5 Å². The number of nitrogens with zero attached hydrogens (tertiary/aromatic N) is 1. The smallest absolute Gasteiger partial charge is 0.410 e. The number of amides is 1. The molecule has 40 heavy (non-hydrogen) atoms. The number of aliphatic hydroxyl groups excluding tert-OH is 3. The average Bonchev–Trinajstić information content (AvgIpc) is 2.97. The molecule has 2 aliphatic carbocycles. The summed E-state index contributed by atoms with van der Waals surface area (Å²) in [6.07, 6.45) is -2.95. The van der Waals surface area contributed by atoms with E-state index in [0.717, 1.165) is 48.8 Å². The second kappa shape index (κ2) is 10.7.